The van der Waals surface area contributed by atoms with E-state index in [1.54, 1.807) is 18.2 Å². The molecule has 100 valence electrons. The van der Waals surface area contributed by atoms with Crippen molar-refractivity contribution in [3.8, 4) is 5.75 Å². The minimum atomic E-state index is 0.0337. The van der Waals surface area contributed by atoms with E-state index in [0.717, 1.165) is 5.56 Å². The number of nitrogens with one attached hydrogen (secondary N) is 1. The fourth-order valence-electron chi connectivity index (χ4n) is 1.64. The lowest BCUT2D eigenvalue weighted by molar-refractivity contribution is -0.122. The largest absolute Gasteiger partial charge is 0.508 e. The molecule has 4 heteroatoms. The van der Waals surface area contributed by atoms with Crippen LogP contribution in [0.5, 0.6) is 5.75 Å². The van der Waals surface area contributed by atoms with Gasteiger partial charge >= 0.3 is 0 Å². The third kappa shape index (κ3) is 5.68. The van der Waals surface area contributed by atoms with Gasteiger partial charge in [0.2, 0.25) is 5.91 Å². The number of hydrogen-bond donors (Lipinski definition) is 2. The quantitative estimate of drug-likeness (QED) is 0.806. The van der Waals surface area contributed by atoms with Gasteiger partial charge in [0.25, 0.3) is 0 Å². The fourth-order valence-corrected chi connectivity index (χ4v) is 1.64. The van der Waals surface area contributed by atoms with Crippen LogP contribution in [0.3, 0.4) is 0 Å². The number of carbonyl (C=O) groups excluding carboxylic acids is 1. The lowest BCUT2D eigenvalue weighted by atomic mass is 10.2. The van der Waals surface area contributed by atoms with Gasteiger partial charge in [-0.05, 0) is 30.7 Å². The highest BCUT2D eigenvalue weighted by Gasteiger charge is 2.07. The zero-order valence-corrected chi connectivity index (χ0v) is 11.3. The Bertz CT molecular complexity index is 391. The molecule has 1 aromatic rings. The van der Waals surface area contributed by atoms with Crippen LogP contribution in [0.15, 0.2) is 24.3 Å². The Morgan fingerprint density at radius 2 is 2.17 bits per heavy atom. The molecule has 4 nitrogen and oxygen atoms in total. The lowest BCUT2D eigenvalue weighted by Crippen LogP contribution is -2.36. The smallest absolute Gasteiger partial charge is 0.234 e. The van der Waals surface area contributed by atoms with Crippen molar-refractivity contribution in [3.63, 3.8) is 0 Å². The van der Waals surface area contributed by atoms with Crippen LogP contribution in [-0.2, 0) is 11.3 Å². The number of carbonyl (C=O) groups is 1. The highest BCUT2D eigenvalue weighted by molar-refractivity contribution is 5.77. The molecule has 0 aliphatic heterocycles. The molecule has 1 aromatic carbocycles. The van der Waals surface area contributed by atoms with E-state index in [1.807, 2.05) is 18.0 Å². The molecule has 2 N–H and O–H groups in total. The average molecular weight is 250 g/mol. The van der Waals surface area contributed by atoms with Crippen molar-refractivity contribution < 1.29 is 9.90 Å². The van der Waals surface area contributed by atoms with Crippen LogP contribution in [0, 0.1) is 5.92 Å². The molecule has 0 radical (unpaired) electrons. The topological polar surface area (TPSA) is 52.6 Å². The number of rotatable bonds is 6. The van der Waals surface area contributed by atoms with Crippen molar-refractivity contribution in [1.82, 2.24) is 10.2 Å². The first-order chi connectivity index (χ1) is 8.47. The molecule has 0 saturated heterocycles. The first kappa shape index (κ1) is 14.5. The molecule has 1 amide bonds. The number of phenolic OH excluding ortho intramolecular Hbond substituents is 1. The van der Waals surface area contributed by atoms with Gasteiger partial charge in [-0.15, -0.1) is 0 Å². The van der Waals surface area contributed by atoms with Crippen molar-refractivity contribution in [1.29, 1.82) is 0 Å². The van der Waals surface area contributed by atoms with Gasteiger partial charge in [0.05, 0.1) is 6.54 Å². The molecule has 0 atom stereocenters. The summed E-state index contributed by atoms with van der Waals surface area (Å²) in [6, 6.07) is 7.08. The molecule has 0 aromatic heterocycles. The van der Waals surface area contributed by atoms with Crippen LogP contribution < -0.4 is 5.32 Å². The first-order valence-electron chi connectivity index (χ1n) is 6.20. The molecule has 18 heavy (non-hydrogen) atoms. The summed E-state index contributed by atoms with van der Waals surface area (Å²) in [5.41, 5.74) is 0.995. The van der Waals surface area contributed by atoms with E-state index < -0.39 is 0 Å². The van der Waals surface area contributed by atoms with Crippen LogP contribution in [0.4, 0.5) is 0 Å². The molecule has 0 unspecified atom stereocenters. The lowest BCUT2D eigenvalue weighted by Gasteiger charge is -2.17. The Morgan fingerprint density at radius 3 is 2.78 bits per heavy atom. The monoisotopic (exact) mass is 250 g/mol. The second kappa shape index (κ2) is 7.01. The number of aromatic hydroxyl groups is 1. The number of likely N-dealkylation sites (N-methyl/N-ethyl adjacent to an activating group) is 1. The SMILES string of the molecule is CC(C)CNC(=O)CN(C)Cc1cccc(O)c1. The predicted octanol–water partition coefficient (Wildman–Crippen LogP) is 1.60. The molecule has 0 bridgehead atoms. The zero-order valence-electron chi connectivity index (χ0n) is 11.3. The van der Waals surface area contributed by atoms with Crippen molar-refractivity contribution in [3.05, 3.63) is 29.8 Å². The van der Waals surface area contributed by atoms with Crippen LogP contribution in [-0.4, -0.2) is 36.1 Å². The standard InChI is InChI=1S/C14H22N2O2/c1-11(2)8-15-14(18)10-16(3)9-12-5-4-6-13(17)7-12/h4-7,11,17H,8-10H2,1-3H3,(H,15,18). The normalized spacial score (nSPS) is 10.9. The van der Waals surface area contributed by atoms with E-state index in [1.165, 1.54) is 0 Å². The van der Waals surface area contributed by atoms with Crippen molar-refractivity contribution in [2.45, 2.75) is 20.4 Å². The van der Waals surface area contributed by atoms with E-state index in [4.69, 9.17) is 0 Å². The van der Waals surface area contributed by atoms with Crippen LogP contribution >= 0.6 is 0 Å². The van der Waals surface area contributed by atoms with Gasteiger partial charge in [0, 0.05) is 13.1 Å². The molecule has 0 fully saturated rings. The summed E-state index contributed by atoms with van der Waals surface area (Å²) in [6.45, 7) is 5.85. The molecular weight excluding hydrogens is 228 g/mol. The molecule has 0 aliphatic carbocycles. The molecule has 1 rings (SSSR count). The van der Waals surface area contributed by atoms with Gasteiger partial charge in [-0.25, -0.2) is 0 Å². The van der Waals surface area contributed by atoms with Gasteiger partial charge in [-0.3, -0.25) is 9.69 Å². The number of hydrogen-bond acceptors (Lipinski definition) is 3. The molecule has 0 saturated carbocycles. The van der Waals surface area contributed by atoms with E-state index in [2.05, 4.69) is 19.2 Å². The third-order valence-electron chi connectivity index (χ3n) is 2.48. The van der Waals surface area contributed by atoms with Gasteiger partial charge in [-0.2, -0.15) is 0 Å². The van der Waals surface area contributed by atoms with Gasteiger partial charge in [0.1, 0.15) is 5.75 Å². The summed E-state index contributed by atoms with van der Waals surface area (Å²) in [6.07, 6.45) is 0. The minimum Gasteiger partial charge on any atom is -0.508 e. The highest BCUT2D eigenvalue weighted by atomic mass is 16.3. The second-order valence-electron chi connectivity index (χ2n) is 5.04. The van der Waals surface area contributed by atoms with Crippen molar-refractivity contribution in [2.75, 3.05) is 20.1 Å². The maximum absolute atomic E-state index is 11.6. The Morgan fingerprint density at radius 1 is 1.44 bits per heavy atom. The summed E-state index contributed by atoms with van der Waals surface area (Å²) in [5.74, 6) is 0.752. The summed E-state index contributed by atoms with van der Waals surface area (Å²) >= 11 is 0. The van der Waals surface area contributed by atoms with Crippen molar-refractivity contribution >= 4 is 5.91 Å². The van der Waals surface area contributed by atoms with Gasteiger partial charge < -0.3 is 10.4 Å². The Kier molecular flexibility index (Phi) is 5.65. The van der Waals surface area contributed by atoms with Gasteiger partial charge in [-0.1, -0.05) is 26.0 Å². The Hall–Kier alpha value is -1.55. The predicted molar refractivity (Wildman–Crippen MR) is 72.3 cm³/mol. The fraction of sp³-hybridized carbons (Fsp3) is 0.500. The van der Waals surface area contributed by atoms with E-state index in [-0.39, 0.29) is 11.7 Å². The first-order valence-corrected chi connectivity index (χ1v) is 6.20. The molecule has 0 heterocycles. The average Bonchev–Trinajstić information content (AvgIpc) is 2.26. The molecule has 0 aliphatic rings. The highest BCUT2D eigenvalue weighted by Crippen LogP contribution is 2.12. The van der Waals surface area contributed by atoms with E-state index in [9.17, 15) is 9.90 Å². The molecule has 0 spiro atoms. The maximum Gasteiger partial charge on any atom is 0.234 e. The van der Waals surface area contributed by atoms with Gasteiger partial charge in [0.15, 0.2) is 0 Å². The Balaban J connectivity index is 2.37. The van der Waals surface area contributed by atoms with E-state index >= 15 is 0 Å². The van der Waals surface area contributed by atoms with Crippen LogP contribution in [0.2, 0.25) is 0 Å². The second-order valence-corrected chi connectivity index (χ2v) is 5.04. The minimum absolute atomic E-state index is 0.0337. The summed E-state index contributed by atoms with van der Waals surface area (Å²) in [4.78, 5) is 13.5. The molecular formula is C14H22N2O2. The zero-order chi connectivity index (χ0) is 13.5. The Labute approximate surface area is 109 Å². The van der Waals surface area contributed by atoms with Crippen molar-refractivity contribution in [2.24, 2.45) is 5.92 Å². The number of nitrogens with zero attached hydrogens (tertiary/aromatic N) is 1. The number of benzene rings is 1. The van der Waals surface area contributed by atoms with Crippen LogP contribution in [0.1, 0.15) is 19.4 Å². The summed E-state index contributed by atoms with van der Waals surface area (Å²) in [5, 5.41) is 12.2. The third-order valence-corrected chi connectivity index (χ3v) is 2.48. The maximum atomic E-state index is 11.6. The number of amides is 1. The number of phenols is 1. The van der Waals surface area contributed by atoms with Crippen LogP contribution in [0.25, 0.3) is 0 Å². The van der Waals surface area contributed by atoms with E-state index in [0.29, 0.717) is 25.6 Å². The summed E-state index contributed by atoms with van der Waals surface area (Å²) in [7, 11) is 1.89. The summed E-state index contributed by atoms with van der Waals surface area (Å²) < 4.78 is 0.